The Morgan fingerprint density at radius 1 is 0.967 bits per heavy atom. The first-order valence-corrected chi connectivity index (χ1v) is 10.6. The van der Waals surface area contributed by atoms with E-state index in [0.29, 0.717) is 12.3 Å². The monoisotopic (exact) mass is 405 g/mol. The molecule has 1 amide bonds. The molecular weight excluding hydrogens is 374 g/mol. The van der Waals surface area contributed by atoms with Crippen molar-refractivity contribution in [3.05, 3.63) is 72.3 Å². The van der Waals surface area contributed by atoms with Crippen molar-refractivity contribution in [3.63, 3.8) is 0 Å². The second-order valence-electron chi connectivity index (χ2n) is 7.96. The number of hydrogen-bond donors (Lipinski definition) is 1. The fraction of sp³-hybridized carbons (Fsp3) is 0.346. The molecule has 2 atom stereocenters. The topological polar surface area (TPSA) is 47.6 Å². The molecule has 0 heterocycles. The summed E-state index contributed by atoms with van der Waals surface area (Å²) < 4.78 is 11.4. The van der Waals surface area contributed by atoms with Gasteiger partial charge in [0, 0.05) is 5.39 Å². The SMILES string of the molecule is CC[C@H](Oc1cccc2ccccc12)C(=O)N[C@@H](CC(C)C)c1ccc(OC)cc1. The lowest BCUT2D eigenvalue weighted by Gasteiger charge is -2.25. The summed E-state index contributed by atoms with van der Waals surface area (Å²) in [5.74, 6) is 1.89. The zero-order chi connectivity index (χ0) is 21.5. The molecular formula is C26H31NO3. The molecule has 1 N–H and O–H groups in total. The average molecular weight is 406 g/mol. The van der Waals surface area contributed by atoms with Gasteiger partial charge in [-0.2, -0.15) is 0 Å². The Hall–Kier alpha value is -3.01. The minimum Gasteiger partial charge on any atom is -0.497 e. The van der Waals surface area contributed by atoms with E-state index in [1.54, 1.807) is 7.11 Å². The molecule has 0 saturated heterocycles. The maximum atomic E-state index is 13.1. The van der Waals surface area contributed by atoms with Gasteiger partial charge < -0.3 is 14.8 Å². The zero-order valence-electron chi connectivity index (χ0n) is 18.2. The molecule has 0 radical (unpaired) electrons. The molecule has 0 aromatic heterocycles. The molecule has 3 aromatic carbocycles. The van der Waals surface area contributed by atoms with Crippen LogP contribution in [0, 0.1) is 5.92 Å². The summed E-state index contributed by atoms with van der Waals surface area (Å²) in [7, 11) is 1.65. The molecule has 4 nitrogen and oxygen atoms in total. The van der Waals surface area contributed by atoms with Crippen LogP contribution < -0.4 is 14.8 Å². The van der Waals surface area contributed by atoms with E-state index < -0.39 is 6.10 Å². The van der Waals surface area contributed by atoms with Gasteiger partial charge in [0.05, 0.1) is 13.2 Å². The van der Waals surface area contributed by atoms with Crippen LogP contribution in [0.1, 0.15) is 45.2 Å². The number of hydrogen-bond acceptors (Lipinski definition) is 3. The van der Waals surface area contributed by atoms with Gasteiger partial charge in [0.2, 0.25) is 0 Å². The molecule has 3 aromatic rings. The van der Waals surface area contributed by atoms with Crippen LogP contribution in [0.5, 0.6) is 11.5 Å². The number of methoxy groups -OCH3 is 1. The highest BCUT2D eigenvalue weighted by molar-refractivity contribution is 5.89. The van der Waals surface area contributed by atoms with Crippen molar-refractivity contribution >= 4 is 16.7 Å². The van der Waals surface area contributed by atoms with Gasteiger partial charge in [-0.1, -0.05) is 69.3 Å². The fourth-order valence-corrected chi connectivity index (χ4v) is 3.62. The standard InChI is InChI=1S/C26H31NO3/c1-5-24(30-25-12-8-10-19-9-6-7-11-22(19)25)26(28)27-23(17-18(2)3)20-13-15-21(29-4)16-14-20/h6-16,18,23-24H,5,17H2,1-4H3,(H,27,28)/t23-,24-/m0/s1. The normalized spacial score (nSPS) is 13.1. The number of rotatable bonds is 9. The molecule has 0 bridgehead atoms. The van der Waals surface area contributed by atoms with Crippen molar-refractivity contribution in [2.75, 3.05) is 7.11 Å². The number of ether oxygens (including phenoxy) is 2. The Labute approximate surface area is 179 Å². The Morgan fingerprint density at radius 3 is 2.33 bits per heavy atom. The first kappa shape index (κ1) is 21.7. The maximum absolute atomic E-state index is 13.1. The first-order valence-electron chi connectivity index (χ1n) is 10.6. The summed E-state index contributed by atoms with van der Waals surface area (Å²) in [6, 6.07) is 21.8. The first-order chi connectivity index (χ1) is 14.5. The summed E-state index contributed by atoms with van der Waals surface area (Å²) in [6.45, 7) is 6.29. The highest BCUT2D eigenvalue weighted by Crippen LogP contribution is 2.28. The largest absolute Gasteiger partial charge is 0.497 e. The predicted molar refractivity (Wildman–Crippen MR) is 122 cm³/mol. The van der Waals surface area contributed by atoms with E-state index in [1.807, 2.05) is 73.7 Å². The van der Waals surface area contributed by atoms with Gasteiger partial charge in [-0.3, -0.25) is 4.79 Å². The third-order valence-electron chi connectivity index (χ3n) is 5.22. The number of fused-ring (bicyclic) bond motifs is 1. The van der Waals surface area contributed by atoms with E-state index in [9.17, 15) is 4.79 Å². The van der Waals surface area contributed by atoms with Gasteiger partial charge in [-0.05, 0) is 47.9 Å². The van der Waals surface area contributed by atoms with E-state index in [2.05, 4.69) is 19.2 Å². The minimum atomic E-state index is -0.552. The average Bonchev–Trinajstić information content (AvgIpc) is 2.76. The molecule has 0 aliphatic carbocycles. The van der Waals surface area contributed by atoms with Crippen LogP contribution in [0.25, 0.3) is 10.8 Å². The Bertz CT molecular complexity index is 960. The molecule has 0 aliphatic rings. The van der Waals surface area contributed by atoms with Crippen molar-refractivity contribution in [2.24, 2.45) is 5.92 Å². The highest BCUT2D eigenvalue weighted by Gasteiger charge is 2.24. The summed E-state index contributed by atoms with van der Waals surface area (Å²) in [5.41, 5.74) is 1.07. The van der Waals surface area contributed by atoms with Crippen molar-refractivity contribution in [3.8, 4) is 11.5 Å². The van der Waals surface area contributed by atoms with Gasteiger partial charge in [0.25, 0.3) is 5.91 Å². The molecule has 4 heteroatoms. The molecule has 0 unspecified atom stereocenters. The lowest BCUT2D eigenvalue weighted by atomic mass is 9.96. The smallest absolute Gasteiger partial charge is 0.261 e. The molecule has 3 rings (SSSR count). The predicted octanol–water partition coefficient (Wildman–Crippen LogP) is 5.91. The van der Waals surface area contributed by atoms with Gasteiger partial charge in [0.15, 0.2) is 6.10 Å². The van der Waals surface area contributed by atoms with E-state index in [-0.39, 0.29) is 11.9 Å². The number of amides is 1. The number of carbonyl (C=O) groups excluding carboxylic acids is 1. The molecule has 158 valence electrons. The highest BCUT2D eigenvalue weighted by atomic mass is 16.5. The third-order valence-corrected chi connectivity index (χ3v) is 5.22. The second kappa shape index (κ2) is 10.1. The van der Waals surface area contributed by atoms with Crippen molar-refractivity contribution in [2.45, 2.75) is 45.8 Å². The number of benzene rings is 3. The van der Waals surface area contributed by atoms with Crippen molar-refractivity contribution in [1.29, 1.82) is 0 Å². The summed E-state index contributed by atoms with van der Waals surface area (Å²) in [5, 5.41) is 5.33. The lowest BCUT2D eigenvalue weighted by molar-refractivity contribution is -0.129. The lowest BCUT2D eigenvalue weighted by Crippen LogP contribution is -2.40. The molecule has 0 saturated carbocycles. The Morgan fingerprint density at radius 2 is 1.67 bits per heavy atom. The minimum absolute atomic E-state index is 0.0754. The summed E-state index contributed by atoms with van der Waals surface area (Å²) in [6.07, 6.45) is 0.887. The van der Waals surface area contributed by atoms with Crippen LogP contribution in [0.3, 0.4) is 0 Å². The van der Waals surface area contributed by atoms with Gasteiger partial charge in [-0.15, -0.1) is 0 Å². The van der Waals surface area contributed by atoms with Crippen LogP contribution in [-0.2, 0) is 4.79 Å². The van der Waals surface area contributed by atoms with Gasteiger partial charge in [0.1, 0.15) is 11.5 Å². The molecule has 30 heavy (non-hydrogen) atoms. The molecule has 0 aliphatic heterocycles. The van der Waals surface area contributed by atoms with Crippen molar-refractivity contribution < 1.29 is 14.3 Å². The Balaban J connectivity index is 1.78. The Kier molecular flexibility index (Phi) is 7.34. The van der Waals surface area contributed by atoms with E-state index in [4.69, 9.17) is 9.47 Å². The van der Waals surface area contributed by atoms with E-state index in [0.717, 1.165) is 34.3 Å². The molecule has 0 fully saturated rings. The van der Waals surface area contributed by atoms with E-state index in [1.165, 1.54) is 0 Å². The van der Waals surface area contributed by atoms with Crippen LogP contribution in [0.15, 0.2) is 66.7 Å². The fourth-order valence-electron chi connectivity index (χ4n) is 3.62. The van der Waals surface area contributed by atoms with Crippen LogP contribution >= 0.6 is 0 Å². The molecule has 0 spiro atoms. The summed E-state index contributed by atoms with van der Waals surface area (Å²) >= 11 is 0. The van der Waals surface area contributed by atoms with Crippen LogP contribution in [-0.4, -0.2) is 19.1 Å². The van der Waals surface area contributed by atoms with Crippen LogP contribution in [0.2, 0.25) is 0 Å². The number of carbonyl (C=O) groups is 1. The quantitative estimate of drug-likeness (QED) is 0.481. The van der Waals surface area contributed by atoms with Gasteiger partial charge >= 0.3 is 0 Å². The number of nitrogens with one attached hydrogen (secondary N) is 1. The third kappa shape index (κ3) is 5.32. The van der Waals surface area contributed by atoms with Crippen LogP contribution in [0.4, 0.5) is 0 Å². The zero-order valence-corrected chi connectivity index (χ0v) is 18.2. The van der Waals surface area contributed by atoms with E-state index >= 15 is 0 Å². The van der Waals surface area contributed by atoms with Crippen molar-refractivity contribution in [1.82, 2.24) is 5.32 Å². The summed E-state index contributed by atoms with van der Waals surface area (Å²) in [4.78, 5) is 13.1. The van der Waals surface area contributed by atoms with Gasteiger partial charge in [-0.25, -0.2) is 0 Å². The maximum Gasteiger partial charge on any atom is 0.261 e. The second-order valence-corrected chi connectivity index (χ2v) is 7.96.